The molecule has 1 saturated heterocycles. The Labute approximate surface area is 120 Å². The lowest BCUT2D eigenvalue weighted by Gasteiger charge is -2.26. The third kappa shape index (κ3) is 3.02. The molecule has 21 heavy (non-hydrogen) atoms. The first-order chi connectivity index (χ1) is 10.0. The van der Waals surface area contributed by atoms with Gasteiger partial charge in [-0.25, -0.2) is 0 Å². The van der Waals surface area contributed by atoms with Gasteiger partial charge in [0, 0.05) is 32.2 Å². The van der Waals surface area contributed by atoms with Crippen LogP contribution in [-0.4, -0.2) is 36.4 Å². The second kappa shape index (κ2) is 5.40. The maximum Gasteiger partial charge on any atom is 0.416 e. The number of alkyl halides is 3. The summed E-state index contributed by atoms with van der Waals surface area (Å²) in [7, 11) is 0. The van der Waals surface area contributed by atoms with Gasteiger partial charge in [-0.3, -0.25) is 5.10 Å². The zero-order chi connectivity index (χ0) is 14.9. The number of H-pyrrole nitrogens is 1. The summed E-state index contributed by atoms with van der Waals surface area (Å²) < 4.78 is 37.6. The molecule has 0 atom stereocenters. The minimum atomic E-state index is -4.31. The number of aromatic amines is 1. The highest BCUT2D eigenvalue weighted by molar-refractivity contribution is 5.63. The molecular formula is C14H15F3N4. The average Bonchev–Trinajstić information content (AvgIpc) is 2.97. The van der Waals surface area contributed by atoms with Crippen molar-refractivity contribution in [3.8, 4) is 11.3 Å². The zero-order valence-corrected chi connectivity index (χ0v) is 11.2. The largest absolute Gasteiger partial charge is 0.416 e. The van der Waals surface area contributed by atoms with Gasteiger partial charge < -0.3 is 10.2 Å². The fraction of sp³-hybridized carbons (Fsp3) is 0.357. The highest BCUT2D eigenvalue weighted by Crippen LogP contribution is 2.31. The predicted molar refractivity (Wildman–Crippen MR) is 74.1 cm³/mol. The van der Waals surface area contributed by atoms with Crippen molar-refractivity contribution in [2.45, 2.75) is 6.18 Å². The van der Waals surface area contributed by atoms with Gasteiger partial charge in [-0.05, 0) is 17.7 Å². The van der Waals surface area contributed by atoms with Crippen LogP contribution in [0.3, 0.4) is 0 Å². The topological polar surface area (TPSA) is 44.0 Å². The molecule has 1 aliphatic heterocycles. The van der Waals surface area contributed by atoms with Gasteiger partial charge in [0.2, 0.25) is 0 Å². The quantitative estimate of drug-likeness (QED) is 0.895. The Morgan fingerprint density at radius 3 is 2.33 bits per heavy atom. The number of piperazine rings is 1. The van der Waals surface area contributed by atoms with E-state index < -0.39 is 11.7 Å². The van der Waals surface area contributed by atoms with E-state index in [1.54, 1.807) is 0 Å². The molecule has 1 aliphatic rings. The molecule has 0 aliphatic carbocycles. The van der Waals surface area contributed by atoms with E-state index in [0.29, 0.717) is 5.56 Å². The summed E-state index contributed by atoms with van der Waals surface area (Å²) in [5, 5.41) is 10.4. The monoisotopic (exact) mass is 296 g/mol. The zero-order valence-electron chi connectivity index (χ0n) is 11.2. The van der Waals surface area contributed by atoms with Crippen LogP contribution in [0.1, 0.15) is 5.56 Å². The number of anilines is 1. The van der Waals surface area contributed by atoms with Crippen LogP contribution in [0.25, 0.3) is 11.3 Å². The van der Waals surface area contributed by atoms with Crippen molar-refractivity contribution >= 4 is 5.82 Å². The van der Waals surface area contributed by atoms with E-state index in [-0.39, 0.29) is 0 Å². The minimum Gasteiger partial charge on any atom is -0.353 e. The lowest BCUT2D eigenvalue weighted by molar-refractivity contribution is -0.137. The number of hydrogen-bond donors (Lipinski definition) is 2. The lowest BCUT2D eigenvalue weighted by atomic mass is 10.1. The molecule has 0 saturated carbocycles. The van der Waals surface area contributed by atoms with Crippen LogP contribution < -0.4 is 10.2 Å². The number of halogens is 3. The molecule has 0 amide bonds. The van der Waals surface area contributed by atoms with Gasteiger partial charge in [-0.15, -0.1) is 0 Å². The molecule has 3 rings (SSSR count). The maximum atomic E-state index is 12.5. The van der Waals surface area contributed by atoms with Crippen molar-refractivity contribution in [2.75, 3.05) is 31.1 Å². The normalized spacial score (nSPS) is 16.2. The summed E-state index contributed by atoms with van der Waals surface area (Å²) in [5.41, 5.74) is 0.766. The molecule has 0 spiro atoms. The highest BCUT2D eigenvalue weighted by Gasteiger charge is 2.30. The second-order valence-electron chi connectivity index (χ2n) is 4.95. The second-order valence-corrected chi connectivity index (χ2v) is 4.95. The molecule has 112 valence electrons. The van der Waals surface area contributed by atoms with E-state index in [2.05, 4.69) is 20.4 Å². The maximum absolute atomic E-state index is 12.5. The van der Waals surface area contributed by atoms with Crippen molar-refractivity contribution in [2.24, 2.45) is 0 Å². The Morgan fingerprint density at radius 1 is 1.05 bits per heavy atom. The number of aromatic nitrogens is 2. The molecule has 2 aromatic rings. The van der Waals surface area contributed by atoms with Gasteiger partial charge in [0.15, 0.2) is 5.82 Å². The number of hydrogen-bond acceptors (Lipinski definition) is 3. The first-order valence-corrected chi connectivity index (χ1v) is 6.73. The smallest absolute Gasteiger partial charge is 0.353 e. The van der Waals surface area contributed by atoms with E-state index in [4.69, 9.17) is 0 Å². The fourth-order valence-corrected chi connectivity index (χ4v) is 2.35. The Morgan fingerprint density at radius 2 is 1.71 bits per heavy atom. The van der Waals surface area contributed by atoms with Crippen molar-refractivity contribution in [1.29, 1.82) is 0 Å². The summed E-state index contributed by atoms with van der Waals surface area (Å²) in [6.45, 7) is 3.56. The van der Waals surface area contributed by atoms with E-state index >= 15 is 0 Å². The first-order valence-electron chi connectivity index (χ1n) is 6.73. The Bertz CT molecular complexity index is 597. The van der Waals surface area contributed by atoms with E-state index in [0.717, 1.165) is 49.8 Å². The third-order valence-corrected chi connectivity index (χ3v) is 3.53. The molecule has 2 N–H and O–H groups in total. The predicted octanol–water partition coefficient (Wildman–Crippen LogP) is 2.51. The van der Waals surface area contributed by atoms with Crippen molar-refractivity contribution in [3.63, 3.8) is 0 Å². The first kappa shape index (κ1) is 13.9. The van der Waals surface area contributed by atoms with Crippen LogP contribution in [0.4, 0.5) is 19.0 Å². The van der Waals surface area contributed by atoms with Crippen LogP contribution in [0.2, 0.25) is 0 Å². The molecule has 0 radical (unpaired) electrons. The van der Waals surface area contributed by atoms with Crippen LogP contribution in [0, 0.1) is 0 Å². The molecule has 1 aromatic carbocycles. The molecule has 4 nitrogen and oxygen atoms in total. The van der Waals surface area contributed by atoms with Gasteiger partial charge in [0.25, 0.3) is 0 Å². The number of benzene rings is 1. The summed E-state index contributed by atoms with van der Waals surface area (Å²) >= 11 is 0. The molecule has 7 heteroatoms. The van der Waals surface area contributed by atoms with Gasteiger partial charge in [-0.1, -0.05) is 12.1 Å². The molecule has 1 fully saturated rings. The molecular weight excluding hydrogens is 281 g/mol. The molecule has 0 unspecified atom stereocenters. The number of nitrogens with one attached hydrogen (secondary N) is 2. The summed E-state index contributed by atoms with van der Waals surface area (Å²) in [6, 6.07) is 6.95. The van der Waals surface area contributed by atoms with Crippen LogP contribution in [0.5, 0.6) is 0 Å². The lowest BCUT2D eigenvalue weighted by Crippen LogP contribution is -2.43. The van der Waals surface area contributed by atoms with Crippen LogP contribution in [-0.2, 0) is 6.18 Å². The van der Waals surface area contributed by atoms with E-state index in [9.17, 15) is 13.2 Å². The third-order valence-electron chi connectivity index (χ3n) is 3.53. The Balaban J connectivity index is 1.79. The summed E-state index contributed by atoms with van der Waals surface area (Å²) in [6.07, 6.45) is -4.31. The SMILES string of the molecule is FC(F)(F)c1ccc(-c2cc(N3CCNCC3)n[nH]2)cc1. The van der Waals surface area contributed by atoms with Gasteiger partial charge in [-0.2, -0.15) is 18.3 Å². The molecule has 1 aromatic heterocycles. The van der Waals surface area contributed by atoms with Crippen LogP contribution >= 0.6 is 0 Å². The van der Waals surface area contributed by atoms with Crippen LogP contribution in [0.15, 0.2) is 30.3 Å². The van der Waals surface area contributed by atoms with Crippen molar-refractivity contribution in [1.82, 2.24) is 15.5 Å². The minimum absolute atomic E-state index is 0.645. The van der Waals surface area contributed by atoms with Crippen molar-refractivity contribution < 1.29 is 13.2 Å². The van der Waals surface area contributed by atoms with Crippen molar-refractivity contribution in [3.05, 3.63) is 35.9 Å². The van der Waals surface area contributed by atoms with Gasteiger partial charge in [0.1, 0.15) is 0 Å². The van der Waals surface area contributed by atoms with E-state index in [1.807, 2.05) is 6.07 Å². The number of nitrogens with zero attached hydrogens (tertiary/aromatic N) is 2. The fourth-order valence-electron chi connectivity index (χ4n) is 2.35. The molecule has 2 heterocycles. The Hall–Kier alpha value is -2.02. The summed E-state index contributed by atoms with van der Waals surface area (Å²) in [5.74, 6) is 0.825. The standard InChI is InChI=1S/C14H15F3N4/c15-14(16,17)11-3-1-10(2-4-11)12-9-13(20-19-12)21-7-5-18-6-8-21/h1-4,9,18H,5-8H2,(H,19,20). The highest BCUT2D eigenvalue weighted by atomic mass is 19.4. The number of rotatable bonds is 2. The Kier molecular flexibility index (Phi) is 3.59. The van der Waals surface area contributed by atoms with Gasteiger partial charge >= 0.3 is 6.18 Å². The molecule has 0 bridgehead atoms. The average molecular weight is 296 g/mol. The summed E-state index contributed by atoms with van der Waals surface area (Å²) in [4.78, 5) is 2.14. The van der Waals surface area contributed by atoms with E-state index in [1.165, 1.54) is 12.1 Å². The van der Waals surface area contributed by atoms with Gasteiger partial charge in [0.05, 0.1) is 11.3 Å².